The van der Waals surface area contributed by atoms with E-state index in [9.17, 15) is 4.79 Å². The molecule has 0 saturated heterocycles. The molecule has 0 aliphatic heterocycles. The van der Waals surface area contributed by atoms with Crippen molar-refractivity contribution in [1.29, 1.82) is 0 Å². The molecule has 138 valence electrons. The Morgan fingerprint density at radius 3 is 2.30 bits per heavy atom. The highest BCUT2D eigenvalue weighted by molar-refractivity contribution is 6.04. The van der Waals surface area contributed by atoms with E-state index >= 15 is 0 Å². The quantitative estimate of drug-likeness (QED) is 0.670. The zero-order valence-electron chi connectivity index (χ0n) is 16.0. The molecule has 5 heteroatoms. The molecule has 0 atom stereocenters. The summed E-state index contributed by atoms with van der Waals surface area (Å²) in [6.07, 6.45) is 1.56. The summed E-state index contributed by atoms with van der Waals surface area (Å²) in [5, 5.41) is 6.17. The summed E-state index contributed by atoms with van der Waals surface area (Å²) in [5.74, 6) is 1.19. The molecular formula is C22H23N3O2. The molecule has 0 spiro atoms. The van der Waals surface area contributed by atoms with Gasteiger partial charge < -0.3 is 15.4 Å². The van der Waals surface area contributed by atoms with Crippen LogP contribution >= 0.6 is 0 Å². The molecule has 3 aromatic rings. The van der Waals surface area contributed by atoms with E-state index in [1.807, 2.05) is 57.2 Å². The average Bonchev–Trinajstić information content (AvgIpc) is 2.65. The van der Waals surface area contributed by atoms with E-state index in [2.05, 4.69) is 15.6 Å². The lowest BCUT2D eigenvalue weighted by atomic mass is 10.1. The fourth-order valence-corrected chi connectivity index (χ4v) is 2.72. The largest absolute Gasteiger partial charge is 0.495 e. The summed E-state index contributed by atoms with van der Waals surface area (Å²) in [5.41, 5.74) is 5.37. The van der Waals surface area contributed by atoms with E-state index in [0.29, 0.717) is 11.4 Å². The number of aromatic nitrogens is 1. The molecule has 2 N–H and O–H groups in total. The molecule has 1 aromatic heterocycles. The van der Waals surface area contributed by atoms with Gasteiger partial charge >= 0.3 is 0 Å². The predicted octanol–water partition coefficient (Wildman–Crippen LogP) is 5.01. The second-order valence-corrected chi connectivity index (χ2v) is 6.53. The van der Waals surface area contributed by atoms with Gasteiger partial charge in [0.15, 0.2) is 0 Å². The first-order valence-corrected chi connectivity index (χ1v) is 8.72. The number of ether oxygens (including phenoxy) is 1. The van der Waals surface area contributed by atoms with Crippen molar-refractivity contribution in [2.75, 3.05) is 17.7 Å². The minimum Gasteiger partial charge on any atom is -0.495 e. The fourth-order valence-electron chi connectivity index (χ4n) is 2.72. The maximum Gasteiger partial charge on any atom is 0.257 e. The third-order valence-electron chi connectivity index (χ3n) is 4.28. The molecule has 3 rings (SSSR count). The maximum absolute atomic E-state index is 12.5. The van der Waals surface area contributed by atoms with Crippen molar-refractivity contribution in [3.63, 3.8) is 0 Å². The number of pyridine rings is 1. The Labute approximate surface area is 159 Å². The predicted molar refractivity (Wildman–Crippen MR) is 109 cm³/mol. The smallest absolute Gasteiger partial charge is 0.257 e. The van der Waals surface area contributed by atoms with Gasteiger partial charge in [0, 0.05) is 11.9 Å². The monoisotopic (exact) mass is 361 g/mol. The molecule has 27 heavy (non-hydrogen) atoms. The van der Waals surface area contributed by atoms with Crippen LogP contribution in [0.15, 0.2) is 54.7 Å². The Morgan fingerprint density at radius 2 is 1.63 bits per heavy atom. The second-order valence-electron chi connectivity index (χ2n) is 6.53. The van der Waals surface area contributed by atoms with Gasteiger partial charge in [0.05, 0.1) is 18.4 Å². The number of nitrogens with zero attached hydrogens (tertiary/aromatic N) is 1. The number of nitrogens with one attached hydrogen (secondary N) is 2. The van der Waals surface area contributed by atoms with E-state index < -0.39 is 0 Å². The zero-order chi connectivity index (χ0) is 19.4. The molecule has 1 amide bonds. The first-order chi connectivity index (χ1) is 13.0. The van der Waals surface area contributed by atoms with Crippen molar-refractivity contribution in [2.45, 2.75) is 20.8 Å². The lowest BCUT2D eigenvalue weighted by Gasteiger charge is -2.12. The minimum absolute atomic E-state index is 0.184. The SMILES string of the molecule is COc1ccc(C)cc1Nc1ccc(C(=O)Nc2cc(C)ccc2C)cn1. The zero-order valence-corrected chi connectivity index (χ0v) is 16.0. The number of carbonyl (C=O) groups excluding carboxylic acids is 1. The first kappa shape index (κ1) is 18.5. The molecule has 0 bridgehead atoms. The summed E-state index contributed by atoms with van der Waals surface area (Å²) in [6.45, 7) is 5.98. The molecular weight excluding hydrogens is 338 g/mol. The Morgan fingerprint density at radius 1 is 0.926 bits per heavy atom. The molecule has 2 aromatic carbocycles. The molecule has 0 saturated carbocycles. The number of methoxy groups -OCH3 is 1. The van der Waals surface area contributed by atoms with Gasteiger partial charge in [-0.05, 0) is 67.8 Å². The van der Waals surface area contributed by atoms with Gasteiger partial charge in [0.2, 0.25) is 0 Å². The van der Waals surface area contributed by atoms with Crippen LogP contribution in [-0.4, -0.2) is 18.0 Å². The van der Waals surface area contributed by atoms with Crippen molar-refractivity contribution in [3.05, 3.63) is 77.0 Å². The van der Waals surface area contributed by atoms with Crippen LogP contribution in [0.25, 0.3) is 0 Å². The number of aryl methyl sites for hydroxylation is 3. The highest BCUT2D eigenvalue weighted by Crippen LogP contribution is 2.28. The van der Waals surface area contributed by atoms with Crippen LogP contribution in [0.3, 0.4) is 0 Å². The van der Waals surface area contributed by atoms with Crippen molar-refractivity contribution >= 4 is 23.1 Å². The Bertz CT molecular complexity index is 966. The fraction of sp³-hybridized carbons (Fsp3) is 0.182. The summed E-state index contributed by atoms with van der Waals surface area (Å²) < 4.78 is 5.37. The van der Waals surface area contributed by atoms with Gasteiger partial charge in [0.25, 0.3) is 5.91 Å². The van der Waals surface area contributed by atoms with Gasteiger partial charge in [-0.2, -0.15) is 0 Å². The van der Waals surface area contributed by atoms with Crippen molar-refractivity contribution in [2.24, 2.45) is 0 Å². The number of rotatable bonds is 5. The lowest BCUT2D eigenvalue weighted by molar-refractivity contribution is 0.102. The topological polar surface area (TPSA) is 63.2 Å². The molecule has 5 nitrogen and oxygen atoms in total. The number of benzene rings is 2. The summed E-state index contributed by atoms with van der Waals surface area (Å²) in [6, 6.07) is 15.4. The van der Waals surface area contributed by atoms with Crippen LogP contribution in [0.1, 0.15) is 27.0 Å². The van der Waals surface area contributed by atoms with Crippen molar-refractivity contribution in [1.82, 2.24) is 4.98 Å². The van der Waals surface area contributed by atoms with Crippen LogP contribution in [-0.2, 0) is 0 Å². The molecule has 0 aliphatic rings. The van der Waals surface area contributed by atoms with Gasteiger partial charge in [-0.25, -0.2) is 4.98 Å². The normalized spacial score (nSPS) is 10.4. The number of hydrogen-bond donors (Lipinski definition) is 2. The first-order valence-electron chi connectivity index (χ1n) is 8.72. The number of carbonyl (C=O) groups is 1. The van der Waals surface area contributed by atoms with Gasteiger partial charge in [-0.1, -0.05) is 18.2 Å². The third kappa shape index (κ3) is 4.44. The minimum atomic E-state index is -0.184. The molecule has 0 unspecified atom stereocenters. The standard InChI is InChI=1S/C22H23N3O2/c1-14-5-7-16(3)18(11-14)25-22(26)17-8-10-21(23-13-17)24-19-12-15(2)6-9-20(19)27-4/h5-13H,1-4H3,(H,23,24)(H,25,26). The summed E-state index contributed by atoms with van der Waals surface area (Å²) >= 11 is 0. The van der Waals surface area contributed by atoms with Gasteiger partial charge in [-0.15, -0.1) is 0 Å². The molecule has 0 radical (unpaired) electrons. The highest BCUT2D eigenvalue weighted by Gasteiger charge is 2.10. The van der Waals surface area contributed by atoms with Crippen LogP contribution < -0.4 is 15.4 Å². The van der Waals surface area contributed by atoms with Crippen LogP contribution in [0.4, 0.5) is 17.2 Å². The number of hydrogen-bond acceptors (Lipinski definition) is 4. The van der Waals surface area contributed by atoms with Crippen molar-refractivity contribution < 1.29 is 9.53 Å². The Hall–Kier alpha value is -3.34. The van der Waals surface area contributed by atoms with Crippen LogP contribution in [0.2, 0.25) is 0 Å². The number of amides is 1. The molecule has 0 aliphatic carbocycles. The third-order valence-corrected chi connectivity index (χ3v) is 4.28. The lowest BCUT2D eigenvalue weighted by Crippen LogP contribution is -2.13. The van der Waals surface area contributed by atoms with E-state index in [0.717, 1.165) is 33.8 Å². The van der Waals surface area contributed by atoms with Gasteiger partial charge in [-0.3, -0.25) is 4.79 Å². The summed E-state index contributed by atoms with van der Waals surface area (Å²) in [4.78, 5) is 16.9. The molecule has 1 heterocycles. The van der Waals surface area contributed by atoms with E-state index in [4.69, 9.17) is 4.74 Å². The number of anilines is 3. The second kappa shape index (κ2) is 7.91. The van der Waals surface area contributed by atoms with Crippen LogP contribution in [0.5, 0.6) is 5.75 Å². The molecule has 0 fully saturated rings. The maximum atomic E-state index is 12.5. The van der Waals surface area contributed by atoms with E-state index in [1.165, 1.54) is 0 Å². The Balaban J connectivity index is 1.74. The van der Waals surface area contributed by atoms with Crippen molar-refractivity contribution in [3.8, 4) is 5.75 Å². The average molecular weight is 361 g/mol. The van der Waals surface area contributed by atoms with Crippen LogP contribution in [0, 0.1) is 20.8 Å². The van der Waals surface area contributed by atoms with E-state index in [1.54, 1.807) is 25.4 Å². The van der Waals surface area contributed by atoms with Gasteiger partial charge in [0.1, 0.15) is 11.6 Å². The highest BCUT2D eigenvalue weighted by atomic mass is 16.5. The summed E-state index contributed by atoms with van der Waals surface area (Å²) in [7, 11) is 1.63. The van der Waals surface area contributed by atoms with E-state index in [-0.39, 0.29) is 5.91 Å². The Kier molecular flexibility index (Phi) is 5.41.